The normalized spacial score (nSPS) is 18.8. The third-order valence-corrected chi connectivity index (χ3v) is 4.46. The van der Waals surface area contributed by atoms with Crippen LogP contribution in [0.1, 0.15) is 35.2 Å². The quantitative estimate of drug-likeness (QED) is 0.391. The number of allylic oxidation sites excluding steroid dienone is 3. The van der Waals surface area contributed by atoms with Gasteiger partial charge in [-0.05, 0) is 30.9 Å². The first-order valence-corrected chi connectivity index (χ1v) is 9.43. The summed E-state index contributed by atoms with van der Waals surface area (Å²) in [5.74, 6) is -1.96. The molecule has 0 bridgehead atoms. The van der Waals surface area contributed by atoms with Gasteiger partial charge in [0.25, 0.3) is 5.91 Å². The van der Waals surface area contributed by atoms with Gasteiger partial charge in [0.2, 0.25) is 0 Å². The monoisotopic (exact) mass is 422 g/mol. The lowest BCUT2D eigenvalue weighted by atomic mass is 9.99. The lowest BCUT2D eigenvalue weighted by Gasteiger charge is -2.14. The molecule has 2 rings (SSSR count). The number of nitrogens with zero attached hydrogens (tertiary/aromatic N) is 1. The number of fused-ring (bicyclic) bond motifs is 1. The number of benzene rings is 1. The highest BCUT2D eigenvalue weighted by atomic mass is 35.5. The van der Waals surface area contributed by atoms with Gasteiger partial charge >= 0.3 is 5.97 Å². The van der Waals surface area contributed by atoms with Crippen LogP contribution in [0, 0.1) is 0 Å². The second kappa shape index (κ2) is 11.1. The molecule has 0 saturated heterocycles. The molecule has 8 nitrogen and oxygen atoms in total. The van der Waals surface area contributed by atoms with Crippen LogP contribution >= 0.6 is 11.6 Å². The van der Waals surface area contributed by atoms with Gasteiger partial charge in [-0.1, -0.05) is 35.0 Å². The number of carbonyl (C=O) groups excluding carboxylic acids is 2. The lowest BCUT2D eigenvalue weighted by Crippen LogP contribution is -2.22. The number of likely N-dealkylation sites (N-methyl/N-ethyl adjacent to an activating group) is 1. The van der Waals surface area contributed by atoms with Crippen molar-refractivity contribution in [2.24, 2.45) is 5.16 Å². The Morgan fingerprint density at radius 3 is 2.72 bits per heavy atom. The van der Waals surface area contributed by atoms with Gasteiger partial charge in [0.1, 0.15) is 17.1 Å². The third-order valence-electron chi connectivity index (χ3n) is 4.03. The summed E-state index contributed by atoms with van der Waals surface area (Å²) in [5.41, 5.74) is 0.339. The van der Waals surface area contributed by atoms with Crippen LogP contribution in [0.3, 0.4) is 0 Å². The number of nitrogens with one attached hydrogen (secondary N) is 1. The van der Waals surface area contributed by atoms with Crippen LogP contribution in [0.5, 0.6) is 11.5 Å². The number of oxime groups is 1. The van der Waals surface area contributed by atoms with E-state index in [-0.39, 0.29) is 47.4 Å². The van der Waals surface area contributed by atoms with Crippen molar-refractivity contribution in [2.75, 3.05) is 20.3 Å². The van der Waals surface area contributed by atoms with Crippen LogP contribution in [0.2, 0.25) is 5.02 Å². The first-order valence-electron chi connectivity index (χ1n) is 9.05. The number of ether oxygens (including phenoxy) is 1. The van der Waals surface area contributed by atoms with Crippen LogP contribution in [0.25, 0.3) is 0 Å². The molecular formula is C20H23ClN2O6. The standard InChI is InChI=1S/C20H23ClN2O6/c1-22-17(26)12-29-23-13-8-6-4-2-3-5-7-9-28-20(27)18-14(10-13)19(21)16(25)11-15(18)24/h3,5-6,8,11,24-25H,2,4,7,9-10,12H2,1H3,(H,22,26)/b5-3+,8-6+,23-13?. The molecule has 1 aromatic carbocycles. The Hall–Kier alpha value is -3.00. The predicted octanol–water partition coefficient (Wildman–Crippen LogP) is 2.87. The minimum Gasteiger partial charge on any atom is -0.507 e. The average Bonchev–Trinajstić information content (AvgIpc) is 2.69. The molecule has 9 heteroatoms. The Morgan fingerprint density at radius 1 is 1.24 bits per heavy atom. The van der Waals surface area contributed by atoms with Gasteiger partial charge in [-0.2, -0.15) is 0 Å². The van der Waals surface area contributed by atoms with Crippen LogP contribution in [-0.2, 0) is 20.8 Å². The van der Waals surface area contributed by atoms with E-state index in [0.29, 0.717) is 12.1 Å². The van der Waals surface area contributed by atoms with E-state index in [4.69, 9.17) is 21.2 Å². The van der Waals surface area contributed by atoms with E-state index in [0.717, 1.165) is 18.9 Å². The van der Waals surface area contributed by atoms with E-state index < -0.39 is 11.7 Å². The molecule has 1 aliphatic rings. The first-order chi connectivity index (χ1) is 13.9. The Bertz CT molecular complexity index is 848. The van der Waals surface area contributed by atoms with E-state index >= 15 is 0 Å². The Morgan fingerprint density at radius 2 is 1.97 bits per heavy atom. The zero-order valence-electron chi connectivity index (χ0n) is 16.0. The van der Waals surface area contributed by atoms with Crippen LogP contribution in [0.4, 0.5) is 0 Å². The summed E-state index contributed by atoms with van der Waals surface area (Å²) in [6.07, 6.45) is 9.44. The number of esters is 1. The summed E-state index contributed by atoms with van der Waals surface area (Å²) in [5, 5.41) is 26.5. The van der Waals surface area contributed by atoms with E-state index in [2.05, 4.69) is 10.5 Å². The van der Waals surface area contributed by atoms with Gasteiger partial charge in [-0.15, -0.1) is 0 Å². The van der Waals surface area contributed by atoms with Crippen molar-refractivity contribution in [1.29, 1.82) is 0 Å². The summed E-state index contributed by atoms with van der Waals surface area (Å²) in [6, 6.07) is 0.986. The van der Waals surface area contributed by atoms with Gasteiger partial charge in [0.15, 0.2) is 6.61 Å². The van der Waals surface area contributed by atoms with Crippen molar-refractivity contribution in [3.05, 3.63) is 46.5 Å². The van der Waals surface area contributed by atoms with E-state index in [1.54, 1.807) is 6.08 Å². The summed E-state index contributed by atoms with van der Waals surface area (Å²) in [7, 11) is 1.47. The van der Waals surface area contributed by atoms with Gasteiger partial charge in [0.05, 0.1) is 17.3 Å². The highest BCUT2D eigenvalue weighted by Gasteiger charge is 2.24. The fraction of sp³-hybridized carbons (Fsp3) is 0.350. The number of cyclic esters (lactones) is 1. The van der Waals surface area contributed by atoms with Crippen molar-refractivity contribution in [1.82, 2.24) is 5.32 Å². The zero-order valence-corrected chi connectivity index (χ0v) is 16.7. The van der Waals surface area contributed by atoms with Gasteiger partial charge in [0, 0.05) is 19.5 Å². The molecule has 0 radical (unpaired) electrons. The number of phenols is 2. The number of rotatable bonds is 3. The molecule has 1 aromatic rings. The fourth-order valence-electron chi connectivity index (χ4n) is 2.57. The van der Waals surface area contributed by atoms with Crippen LogP contribution < -0.4 is 5.32 Å². The predicted molar refractivity (Wildman–Crippen MR) is 108 cm³/mol. The van der Waals surface area contributed by atoms with Gasteiger partial charge in [-0.25, -0.2) is 4.79 Å². The molecule has 0 spiro atoms. The molecule has 1 heterocycles. The number of halogens is 1. The molecule has 0 fully saturated rings. The molecule has 3 N–H and O–H groups in total. The molecule has 0 unspecified atom stereocenters. The highest BCUT2D eigenvalue weighted by Crippen LogP contribution is 2.37. The topological polar surface area (TPSA) is 117 Å². The van der Waals surface area contributed by atoms with Gasteiger partial charge < -0.3 is 25.1 Å². The molecule has 0 aromatic heterocycles. The number of amides is 1. The van der Waals surface area contributed by atoms with Crippen LogP contribution in [0.15, 0.2) is 35.5 Å². The molecule has 0 saturated carbocycles. The van der Waals surface area contributed by atoms with E-state index in [1.165, 1.54) is 7.05 Å². The Balaban J connectivity index is 2.45. The third kappa shape index (κ3) is 6.53. The number of phenolic OH excluding ortho intramolecular Hbond substituents is 2. The zero-order chi connectivity index (χ0) is 21.2. The smallest absolute Gasteiger partial charge is 0.342 e. The number of aromatic hydroxyl groups is 2. The average molecular weight is 423 g/mol. The minimum atomic E-state index is -0.764. The molecule has 0 atom stereocenters. The number of carbonyl (C=O) groups is 2. The largest absolute Gasteiger partial charge is 0.507 e. The van der Waals surface area contributed by atoms with Crippen molar-refractivity contribution >= 4 is 29.2 Å². The van der Waals surface area contributed by atoms with E-state index in [9.17, 15) is 19.8 Å². The summed E-state index contributed by atoms with van der Waals surface area (Å²) < 4.78 is 5.22. The van der Waals surface area contributed by atoms with Gasteiger partial charge in [-0.3, -0.25) is 4.79 Å². The molecule has 29 heavy (non-hydrogen) atoms. The number of hydrogen-bond donors (Lipinski definition) is 3. The summed E-state index contributed by atoms with van der Waals surface area (Å²) in [6.45, 7) is -0.150. The molecule has 156 valence electrons. The Kier molecular flexibility index (Phi) is 8.54. The molecule has 1 amide bonds. The summed E-state index contributed by atoms with van der Waals surface area (Å²) in [4.78, 5) is 28.9. The molecular weight excluding hydrogens is 400 g/mol. The van der Waals surface area contributed by atoms with Crippen molar-refractivity contribution in [3.8, 4) is 11.5 Å². The molecule has 0 aliphatic carbocycles. The van der Waals surface area contributed by atoms with Crippen molar-refractivity contribution < 1.29 is 29.4 Å². The second-order valence-electron chi connectivity index (χ2n) is 6.16. The minimum absolute atomic E-state index is 0.0364. The maximum absolute atomic E-state index is 12.5. The first kappa shape index (κ1) is 22.3. The van der Waals surface area contributed by atoms with Crippen molar-refractivity contribution in [2.45, 2.75) is 25.7 Å². The van der Waals surface area contributed by atoms with E-state index in [1.807, 2.05) is 18.2 Å². The highest BCUT2D eigenvalue weighted by molar-refractivity contribution is 6.33. The maximum Gasteiger partial charge on any atom is 0.342 e. The SMILES string of the molecule is CNC(=O)CON=C1/C=C/CC/C=C/CCOC(=O)c2c(O)cc(O)c(Cl)c2C1. The lowest BCUT2D eigenvalue weighted by molar-refractivity contribution is -0.125. The summed E-state index contributed by atoms with van der Waals surface area (Å²) >= 11 is 6.21. The fourth-order valence-corrected chi connectivity index (χ4v) is 2.78. The second-order valence-corrected chi connectivity index (χ2v) is 6.54. The van der Waals surface area contributed by atoms with Crippen molar-refractivity contribution in [3.63, 3.8) is 0 Å². The molecule has 1 aliphatic heterocycles. The number of hydrogen-bond acceptors (Lipinski definition) is 7. The Labute approximate surface area is 173 Å². The maximum atomic E-state index is 12.5. The van der Waals surface area contributed by atoms with Crippen LogP contribution in [-0.4, -0.2) is 48.1 Å².